The molecule has 6 rings (SSSR count). The zero-order chi connectivity index (χ0) is 21.6. The fourth-order valence-corrected chi connectivity index (χ4v) is 3.39. The van der Waals surface area contributed by atoms with Gasteiger partial charge in [-0.05, 0) is 23.2 Å². The maximum Gasteiger partial charge on any atom is 0.106 e. The average Bonchev–Trinajstić information content (AvgIpc) is 2.89. The van der Waals surface area contributed by atoms with E-state index in [9.17, 15) is 0 Å². The Hall–Kier alpha value is -3.79. The van der Waals surface area contributed by atoms with Crippen molar-refractivity contribution >= 4 is 21.8 Å². The predicted molar refractivity (Wildman–Crippen MR) is 128 cm³/mol. The van der Waals surface area contributed by atoms with Crippen LogP contribution in [0.5, 0.6) is 0 Å². The molecule has 0 spiro atoms. The molecule has 6 aromatic rings. The third-order valence-electron chi connectivity index (χ3n) is 4.95. The summed E-state index contributed by atoms with van der Waals surface area (Å²) in [6, 6.07) is 37.8. The fraction of sp³-hybridized carbons (Fsp3) is 0. The van der Waals surface area contributed by atoms with Crippen molar-refractivity contribution in [2.45, 2.75) is 0 Å². The Kier molecular flexibility index (Phi) is 7.25. The van der Waals surface area contributed by atoms with Crippen LogP contribution in [0.2, 0.25) is 0 Å². The maximum atomic E-state index is 4.50. The van der Waals surface area contributed by atoms with E-state index < -0.39 is 0 Å². The number of benzene rings is 4. The second-order valence-corrected chi connectivity index (χ2v) is 7.04. The molecule has 0 aliphatic heterocycles. The van der Waals surface area contributed by atoms with E-state index in [4.69, 9.17) is 0 Å². The Labute approximate surface area is 205 Å². The third kappa shape index (κ3) is 5.17. The first kappa shape index (κ1) is 22.4. The molecule has 0 fully saturated rings. The molecule has 0 aliphatic rings. The van der Waals surface area contributed by atoms with E-state index in [1.54, 1.807) is 6.33 Å². The quantitative estimate of drug-likeness (QED) is 0.222. The predicted octanol–water partition coefficient (Wildman–Crippen LogP) is 6.19. The molecule has 2 heterocycles. The van der Waals surface area contributed by atoms with E-state index in [0.29, 0.717) is 0 Å². The molecule has 33 heavy (non-hydrogen) atoms. The minimum Gasteiger partial charge on any atom is -0.285 e. The van der Waals surface area contributed by atoms with Gasteiger partial charge in [-0.15, -0.1) is 71.8 Å². The smallest absolute Gasteiger partial charge is 0.106 e. The summed E-state index contributed by atoms with van der Waals surface area (Å²) in [5.41, 5.74) is 4.79. The van der Waals surface area contributed by atoms with Crippen LogP contribution < -0.4 is 0 Å². The molecule has 0 saturated carbocycles. The van der Waals surface area contributed by atoms with Gasteiger partial charge in [-0.25, -0.2) is 4.98 Å². The molecule has 0 amide bonds. The first-order valence-corrected chi connectivity index (χ1v) is 10.2. The van der Waals surface area contributed by atoms with Crippen molar-refractivity contribution in [2.75, 3.05) is 0 Å². The van der Waals surface area contributed by atoms with Gasteiger partial charge >= 0.3 is 0 Å². The van der Waals surface area contributed by atoms with Crippen LogP contribution in [0.3, 0.4) is 0 Å². The van der Waals surface area contributed by atoms with E-state index in [2.05, 4.69) is 32.1 Å². The van der Waals surface area contributed by atoms with E-state index in [1.165, 1.54) is 0 Å². The Morgan fingerprint density at radius 3 is 2.00 bits per heavy atom. The van der Waals surface area contributed by atoms with Crippen molar-refractivity contribution in [2.24, 2.45) is 0 Å². The van der Waals surface area contributed by atoms with Crippen molar-refractivity contribution in [3.63, 3.8) is 0 Å². The van der Waals surface area contributed by atoms with Gasteiger partial charge in [0, 0.05) is 31.7 Å². The summed E-state index contributed by atoms with van der Waals surface area (Å²) < 4.78 is 0. The Morgan fingerprint density at radius 2 is 1.24 bits per heavy atom. The molecule has 2 aromatic heterocycles. The van der Waals surface area contributed by atoms with Gasteiger partial charge in [0.25, 0.3) is 0 Å². The van der Waals surface area contributed by atoms with Crippen LogP contribution in [0.25, 0.3) is 44.5 Å². The van der Waals surface area contributed by atoms with Gasteiger partial charge < -0.3 is 0 Å². The summed E-state index contributed by atoms with van der Waals surface area (Å²) >= 11 is 0. The number of hydrogen-bond donors (Lipinski definition) is 0. The van der Waals surface area contributed by atoms with Gasteiger partial charge in [-0.2, -0.15) is 0 Å². The maximum absolute atomic E-state index is 4.50. The van der Waals surface area contributed by atoms with Crippen molar-refractivity contribution in [1.29, 1.82) is 0 Å². The number of hydrogen-bond acceptors (Lipinski definition) is 4. The number of fused-ring (bicyclic) bond motifs is 2. The van der Waals surface area contributed by atoms with Crippen LogP contribution in [0.1, 0.15) is 0 Å². The van der Waals surface area contributed by atoms with E-state index >= 15 is 0 Å². The SMILES string of the molecule is [Ir].[c-]1ccccc1-c1ncc2ccccc2n1.[c-]1ccccc1-c1ncnc2ccccc12. The molecule has 0 atom stereocenters. The van der Waals surface area contributed by atoms with Crippen LogP contribution in [0, 0.1) is 12.1 Å². The van der Waals surface area contributed by atoms with Crippen LogP contribution in [-0.2, 0) is 20.1 Å². The minimum atomic E-state index is 0. The fourth-order valence-electron chi connectivity index (χ4n) is 3.39. The molecule has 0 bridgehead atoms. The van der Waals surface area contributed by atoms with E-state index in [1.807, 2.05) is 103 Å². The molecule has 0 aliphatic carbocycles. The van der Waals surface area contributed by atoms with Crippen molar-refractivity contribution in [1.82, 2.24) is 19.9 Å². The van der Waals surface area contributed by atoms with Gasteiger partial charge in [0.05, 0.1) is 16.9 Å². The average molecular weight is 603 g/mol. The van der Waals surface area contributed by atoms with Gasteiger partial charge in [0.15, 0.2) is 0 Å². The number of rotatable bonds is 2. The van der Waals surface area contributed by atoms with Gasteiger partial charge in [0.2, 0.25) is 0 Å². The summed E-state index contributed by atoms with van der Waals surface area (Å²) in [5, 5.41) is 2.12. The summed E-state index contributed by atoms with van der Waals surface area (Å²) in [4.78, 5) is 17.4. The second-order valence-electron chi connectivity index (χ2n) is 7.04. The minimum absolute atomic E-state index is 0. The molecular weight excluding hydrogens is 585 g/mol. The first-order valence-electron chi connectivity index (χ1n) is 10.2. The largest absolute Gasteiger partial charge is 0.285 e. The zero-order valence-electron chi connectivity index (χ0n) is 17.5. The van der Waals surface area contributed by atoms with Crippen molar-refractivity contribution in [3.05, 3.63) is 122 Å². The van der Waals surface area contributed by atoms with E-state index in [0.717, 1.165) is 44.5 Å². The number of nitrogens with zero attached hydrogens (tertiary/aromatic N) is 4. The number of para-hydroxylation sites is 2. The molecule has 0 N–H and O–H groups in total. The Balaban J connectivity index is 0.000000152. The molecule has 4 aromatic carbocycles. The van der Waals surface area contributed by atoms with Gasteiger partial charge in [-0.1, -0.05) is 36.4 Å². The standard InChI is InChI=1S/2C14H9N2.Ir/c1-2-6-11(7-3-1)14-12-8-4-5-9-13(12)15-10-16-14;1-2-6-11(7-3-1)14-15-10-12-8-4-5-9-13(12)16-14;/h2*1-6,8-10H;/q2*-1;. The molecular formula is C28H18IrN4-2. The third-order valence-corrected chi connectivity index (χ3v) is 4.95. The number of aromatic nitrogens is 4. The molecule has 0 unspecified atom stereocenters. The summed E-state index contributed by atoms with van der Waals surface area (Å²) in [6.45, 7) is 0. The van der Waals surface area contributed by atoms with Crippen molar-refractivity contribution in [3.8, 4) is 22.6 Å². The van der Waals surface area contributed by atoms with Gasteiger partial charge in [0.1, 0.15) is 6.33 Å². The molecule has 4 nitrogen and oxygen atoms in total. The molecule has 1 radical (unpaired) electrons. The Morgan fingerprint density at radius 1 is 0.576 bits per heavy atom. The monoisotopic (exact) mass is 603 g/mol. The molecule has 161 valence electrons. The Bertz CT molecular complexity index is 1460. The summed E-state index contributed by atoms with van der Waals surface area (Å²) in [6.07, 6.45) is 3.44. The first-order chi connectivity index (χ1) is 15.9. The van der Waals surface area contributed by atoms with E-state index in [-0.39, 0.29) is 20.1 Å². The second kappa shape index (κ2) is 10.7. The zero-order valence-corrected chi connectivity index (χ0v) is 19.9. The summed E-state index contributed by atoms with van der Waals surface area (Å²) in [5.74, 6) is 0.722. The van der Waals surface area contributed by atoms with Gasteiger partial charge in [-0.3, -0.25) is 15.0 Å². The molecule has 0 saturated heterocycles. The summed E-state index contributed by atoms with van der Waals surface area (Å²) in [7, 11) is 0. The van der Waals surface area contributed by atoms with Crippen molar-refractivity contribution < 1.29 is 20.1 Å². The van der Waals surface area contributed by atoms with Crippen LogP contribution in [0.4, 0.5) is 0 Å². The normalized spacial score (nSPS) is 10.2. The van der Waals surface area contributed by atoms with Crippen LogP contribution >= 0.6 is 0 Å². The molecule has 5 heteroatoms. The van der Waals surface area contributed by atoms with Crippen LogP contribution in [-0.4, -0.2) is 19.9 Å². The topological polar surface area (TPSA) is 51.6 Å². The van der Waals surface area contributed by atoms with Crippen LogP contribution in [0.15, 0.2) is 110 Å².